The van der Waals surface area contributed by atoms with Crippen molar-refractivity contribution in [3.63, 3.8) is 0 Å². The standard InChI is InChI=1S/C6H15O3Si.3C6H15P.Rh/c1-4-7-10(8-5-2)9-6-3;3*1-4-7(5-2)6-3;/h4-6H2,1-3H3;3*4-6H2,1-3H3;/p+3. The maximum atomic E-state index is 5.18. The molecule has 0 aromatic heterocycles. The molecule has 0 heterocycles. The minimum absolute atomic E-state index is 0. The molecule has 0 saturated carbocycles. The van der Waals surface area contributed by atoms with Gasteiger partial charge in [-0.1, -0.05) is 0 Å². The first kappa shape index (κ1) is 44.0. The topological polar surface area (TPSA) is 27.7 Å². The van der Waals surface area contributed by atoms with Crippen LogP contribution in [0.2, 0.25) is 0 Å². The van der Waals surface area contributed by atoms with Crippen LogP contribution in [-0.4, -0.2) is 84.8 Å². The van der Waals surface area contributed by atoms with Crippen LogP contribution in [0.3, 0.4) is 0 Å². The van der Waals surface area contributed by atoms with Gasteiger partial charge >= 0.3 is 9.53 Å². The Hall–Kier alpha value is 2.01. The zero-order valence-electron chi connectivity index (χ0n) is 24.0. The van der Waals surface area contributed by atoms with Crippen LogP contribution in [0, 0.1) is 0 Å². The molecule has 0 bridgehead atoms. The Morgan fingerprint density at radius 2 is 0.531 bits per heavy atom. The maximum absolute atomic E-state index is 5.18. The molecule has 0 fully saturated rings. The van der Waals surface area contributed by atoms with E-state index in [1.807, 2.05) is 20.8 Å². The Morgan fingerprint density at radius 3 is 0.594 bits per heavy atom. The third-order valence-corrected chi connectivity index (χ3v) is 15.9. The van der Waals surface area contributed by atoms with Crippen molar-refractivity contribution >= 4 is 33.3 Å². The van der Waals surface area contributed by atoms with Gasteiger partial charge in [0.05, 0.1) is 55.5 Å². The molecule has 2 radical (unpaired) electrons. The second kappa shape index (κ2) is 40.2. The summed E-state index contributed by atoms with van der Waals surface area (Å²) < 4.78 is 15.5. The second-order valence-corrected chi connectivity index (χ2v) is 19.2. The van der Waals surface area contributed by atoms with Crippen LogP contribution in [0.4, 0.5) is 0 Å². The fourth-order valence-electron chi connectivity index (χ4n) is 2.73. The summed E-state index contributed by atoms with van der Waals surface area (Å²) >= 11 is 0. The van der Waals surface area contributed by atoms with E-state index in [0.29, 0.717) is 19.8 Å². The van der Waals surface area contributed by atoms with Crippen LogP contribution in [0.15, 0.2) is 0 Å². The van der Waals surface area contributed by atoms with Crippen molar-refractivity contribution in [3.8, 4) is 0 Å². The van der Waals surface area contributed by atoms with Crippen molar-refractivity contribution < 1.29 is 32.8 Å². The van der Waals surface area contributed by atoms with E-state index in [1.54, 1.807) is 0 Å². The third-order valence-electron chi connectivity index (χ3n) is 5.29. The van der Waals surface area contributed by atoms with Gasteiger partial charge in [-0.05, 0) is 107 Å². The van der Waals surface area contributed by atoms with Gasteiger partial charge in [0.2, 0.25) is 0 Å². The fourth-order valence-corrected chi connectivity index (χ4v) is 8.19. The van der Waals surface area contributed by atoms with Gasteiger partial charge in [-0.25, -0.2) is 0 Å². The summed E-state index contributed by atoms with van der Waals surface area (Å²) in [7, 11) is -0.985. The fraction of sp³-hybridized carbons (Fsp3) is 1.00. The minimum atomic E-state index is -1.40. The van der Waals surface area contributed by atoms with Gasteiger partial charge in [-0.3, -0.25) is 0 Å². The first-order valence-corrected chi connectivity index (χ1v) is 20.7. The van der Waals surface area contributed by atoms with Crippen LogP contribution in [-0.2, 0) is 32.8 Å². The van der Waals surface area contributed by atoms with Gasteiger partial charge in [0, 0.05) is 39.3 Å². The molecule has 0 atom stereocenters. The van der Waals surface area contributed by atoms with Crippen LogP contribution >= 0.6 is 23.8 Å². The molecule has 0 aliphatic carbocycles. The summed E-state index contributed by atoms with van der Waals surface area (Å²) in [4.78, 5) is 0. The number of rotatable bonds is 15. The molecule has 8 heteroatoms. The summed E-state index contributed by atoms with van der Waals surface area (Å²) in [6.07, 6.45) is 13.1. The smallest absolute Gasteiger partial charge is 0.371 e. The van der Waals surface area contributed by atoms with E-state index in [1.165, 1.54) is 55.5 Å². The van der Waals surface area contributed by atoms with Gasteiger partial charge in [0.15, 0.2) is 0 Å². The molecular formula is C24H63O3P3RhSi+3. The van der Waals surface area contributed by atoms with Crippen molar-refractivity contribution in [3.05, 3.63) is 0 Å². The minimum Gasteiger partial charge on any atom is -0.371 e. The van der Waals surface area contributed by atoms with E-state index in [0.717, 1.165) is 0 Å². The molecule has 0 N–H and O–H groups in total. The van der Waals surface area contributed by atoms with Gasteiger partial charge < -0.3 is 13.3 Å². The molecule has 0 unspecified atom stereocenters. The van der Waals surface area contributed by atoms with E-state index in [2.05, 4.69) is 62.3 Å². The summed E-state index contributed by atoms with van der Waals surface area (Å²) in [6, 6.07) is 0. The molecule has 0 aliphatic rings. The number of hydrogen-bond acceptors (Lipinski definition) is 3. The van der Waals surface area contributed by atoms with Crippen LogP contribution in [0.1, 0.15) is 83.1 Å². The molecule has 32 heavy (non-hydrogen) atoms. The predicted molar refractivity (Wildman–Crippen MR) is 160 cm³/mol. The third kappa shape index (κ3) is 36.6. The zero-order chi connectivity index (χ0) is 24.9. The first-order chi connectivity index (χ1) is 14.9. The van der Waals surface area contributed by atoms with Gasteiger partial charge in [0.25, 0.3) is 0 Å². The molecule has 0 saturated heterocycles. The number of hydrogen-bond donors (Lipinski definition) is 0. The molecule has 0 amide bonds. The summed E-state index contributed by atoms with van der Waals surface area (Å²) in [5.41, 5.74) is 0. The molecule has 0 aliphatic heterocycles. The van der Waals surface area contributed by atoms with E-state index in [-0.39, 0.29) is 43.2 Å². The first-order valence-electron chi connectivity index (χ1n) is 13.1. The van der Waals surface area contributed by atoms with Crippen LogP contribution in [0.25, 0.3) is 0 Å². The molecule has 202 valence electrons. The van der Waals surface area contributed by atoms with E-state index >= 15 is 0 Å². The Morgan fingerprint density at radius 1 is 0.375 bits per heavy atom. The quantitative estimate of drug-likeness (QED) is 0.137. The molecule has 0 spiro atoms. The molecule has 0 aromatic carbocycles. The maximum Gasteiger partial charge on any atom is 0.577 e. The second-order valence-electron chi connectivity index (χ2n) is 6.98. The molecule has 0 rings (SSSR count). The van der Waals surface area contributed by atoms with E-state index in [4.69, 9.17) is 13.3 Å². The van der Waals surface area contributed by atoms with Crippen molar-refractivity contribution in [2.24, 2.45) is 0 Å². The Bertz CT molecular complexity index is 226. The van der Waals surface area contributed by atoms with Crippen LogP contribution < -0.4 is 0 Å². The van der Waals surface area contributed by atoms with Crippen molar-refractivity contribution in [1.82, 2.24) is 0 Å². The summed E-state index contributed by atoms with van der Waals surface area (Å²) in [6.45, 7) is 28.5. The van der Waals surface area contributed by atoms with Crippen molar-refractivity contribution in [2.45, 2.75) is 83.1 Å². The Kier molecular flexibility index (Phi) is 55.3. The average Bonchev–Trinajstić information content (AvgIpc) is 2.79. The van der Waals surface area contributed by atoms with Crippen molar-refractivity contribution in [2.75, 3.05) is 75.3 Å². The summed E-state index contributed by atoms with van der Waals surface area (Å²) in [5.74, 6) is 0. The Labute approximate surface area is 223 Å². The van der Waals surface area contributed by atoms with Crippen LogP contribution in [0.5, 0.6) is 0 Å². The monoisotopic (exact) mass is 623 g/mol. The average molecular weight is 624 g/mol. The van der Waals surface area contributed by atoms with Gasteiger partial charge in [-0.15, -0.1) is 0 Å². The molecule has 0 aromatic rings. The zero-order valence-corrected chi connectivity index (χ0v) is 29.7. The van der Waals surface area contributed by atoms with Gasteiger partial charge in [0.1, 0.15) is 0 Å². The van der Waals surface area contributed by atoms with E-state index < -0.39 is 9.53 Å². The predicted octanol–water partition coefficient (Wildman–Crippen LogP) is 7.86. The van der Waals surface area contributed by atoms with Gasteiger partial charge in [-0.2, -0.15) is 0 Å². The Balaban J connectivity index is -0.000000102. The normalized spacial score (nSPS) is 10.1. The van der Waals surface area contributed by atoms with E-state index in [9.17, 15) is 0 Å². The molecular weight excluding hydrogens is 560 g/mol. The summed E-state index contributed by atoms with van der Waals surface area (Å²) in [5, 5.41) is 0. The SMILES string of the molecule is CCO[Si](OCC)OCC.CC[PH+](CC)CC.CC[PH+](CC)CC.CC[PH+](CC)CC.[Rh]. The largest absolute Gasteiger partial charge is 0.577 e. The molecule has 3 nitrogen and oxygen atoms in total. The van der Waals surface area contributed by atoms with Crippen molar-refractivity contribution in [1.29, 1.82) is 0 Å².